The van der Waals surface area contributed by atoms with Gasteiger partial charge < -0.3 is 14.8 Å². The quantitative estimate of drug-likeness (QED) is 0.610. The fraction of sp³-hybridized carbons (Fsp3) is 0.455. The van der Waals surface area contributed by atoms with Gasteiger partial charge in [0.15, 0.2) is 0 Å². The van der Waals surface area contributed by atoms with Crippen LogP contribution in [0.1, 0.15) is 0 Å². The van der Waals surface area contributed by atoms with E-state index < -0.39 is 4.92 Å². The highest BCUT2D eigenvalue weighted by atomic mass is 35.5. The van der Waals surface area contributed by atoms with Crippen LogP contribution in [0.15, 0.2) is 18.2 Å². The Morgan fingerprint density at radius 3 is 2.78 bits per heavy atom. The Morgan fingerprint density at radius 2 is 2.22 bits per heavy atom. The van der Waals surface area contributed by atoms with Gasteiger partial charge in [0.1, 0.15) is 5.69 Å². The van der Waals surface area contributed by atoms with Crippen molar-refractivity contribution in [3.8, 4) is 0 Å². The molecular weight excluding hydrogens is 260 g/mol. The second-order valence-electron chi connectivity index (χ2n) is 3.59. The third-order valence-electron chi connectivity index (χ3n) is 2.38. The first kappa shape index (κ1) is 14.7. The summed E-state index contributed by atoms with van der Waals surface area (Å²) in [5, 5.41) is 14.1. The van der Waals surface area contributed by atoms with Gasteiger partial charge in [-0.1, -0.05) is 17.7 Å². The predicted molar refractivity (Wildman–Crippen MR) is 69.3 cm³/mol. The fourth-order valence-electron chi connectivity index (χ4n) is 1.45. The van der Waals surface area contributed by atoms with Crippen LogP contribution in [0.2, 0.25) is 5.02 Å². The average Bonchev–Trinajstić information content (AvgIpc) is 2.35. The Kier molecular flexibility index (Phi) is 5.84. The van der Waals surface area contributed by atoms with Crippen molar-refractivity contribution in [2.24, 2.45) is 0 Å². The molecule has 1 rings (SSSR count). The van der Waals surface area contributed by atoms with E-state index in [0.717, 1.165) is 0 Å². The molecule has 0 fully saturated rings. The van der Waals surface area contributed by atoms with Crippen LogP contribution in [0.25, 0.3) is 0 Å². The number of ether oxygens (including phenoxy) is 2. The minimum atomic E-state index is -0.480. The Balaban J connectivity index is 2.80. The van der Waals surface area contributed by atoms with E-state index >= 15 is 0 Å². The van der Waals surface area contributed by atoms with Gasteiger partial charge in [0.25, 0.3) is 5.69 Å². The van der Waals surface area contributed by atoms with Crippen molar-refractivity contribution in [1.29, 1.82) is 0 Å². The molecule has 100 valence electrons. The second-order valence-corrected chi connectivity index (χ2v) is 3.99. The number of nitrogens with one attached hydrogen (secondary N) is 1. The molecule has 0 aliphatic rings. The zero-order chi connectivity index (χ0) is 13.5. The number of hydrogen-bond donors (Lipinski definition) is 1. The SMILES string of the molecule is COCC(CNc1c(Cl)cccc1[N+](=O)[O-])OC. The van der Waals surface area contributed by atoms with Gasteiger partial charge in [0, 0.05) is 26.8 Å². The lowest BCUT2D eigenvalue weighted by molar-refractivity contribution is -0.383. The van der Waals surface area contributed by atoms with Gasteiger partial charge in [-0.2, -0.15) is 0 Å². The normalized spacial score (nSPS) is 12.2. The number of hydrogen-bond acceptors (Lipinski definition) is 5. The zero-order valence-electron chi connectivity index (χ0n) is 10.2. The number of nitrogens with zero attached hydrogens (tertiary/aromatic N) is 1. The minimum Gasteiger partial charge on any atom is -0.382 e. The lowest BCUT2D eigenvalue weighted by Gasteiger charge is -2.16. The Labute approximate surface area is 110 Å². The third-order valence-corrected chi connectivity index (χ3v) is 2.70. The number of nitro benzene ring substituents is 1. The van der Waals surface area contributed by atoms with E-state index in [0.29, 0.717) is 23.9 Å². The molecule has 0 spiro atoms. The van der Waals surface area contributed by atoms with Crippen LogP contribution >= 0.6 is 11.6 Å². The van der Waals surface area contributed by atoms with E-state index in [1.54, 1.807) is 20.3 Å². The molecule has 0 saturated heterocycles. The largest absolute Gasteiger partial charge is 0.382 e. The smallest absolute Gasteiger partial charge is 0.293 e. The molecule has 1 aromatic carbocycles. The number of nitro groups is 1. The van der Waals surface area contributed by atoms with Gasteiger partial charge in [-0.3, -0.25) is 10.1 Å². The Morgan fingerprint density at radius 1 is 1.50 bits per heavy atom. The van der Waals surface area contributed by atoms with Crippen molar-refractivity contribution >= 4 is 23.0 Å². The standard InChI is InChI=1S/C11H15ClN2O4/c1-17-7-8(18-2)6-13-11-9(12)4-3-5-10(11)14(15)16/h3-5,8,13H,6-7H2,1-2H3. The minimum absolute atomic E-state index is 0.0604. The van der Waals surface area contributed by atoms with Crippen LogP contribution < -0.4 is 5.32 Å². The molecule has 0 aliphatic heterocycles. The summed E-state index contributed by atoms with van der Waals surface area (Å²) < 4.78 is 10.1. The highest BCUT2D eigenvalue weighted by molar-refractivity contribution is 6.33. The molecule has 18 heavy (non-hydrogen) atoms. The summed E-state index contributed by atoms with van der Waals surface area (Å²) in [5.41, 5.74) is 0.233. The van der Waals surface area contributed by atoms with E-state index in [9.17, 15) is 10.1 Å². The molecule has 6 nitrogen and oxygen atoms in total. The van der Waals surface area contributed by atoms with Crippen LogP contribution in [-0.4, -0.2) is 38.4 Å². The number of halogens is 1. The van der Waals surface area contributed by atoms with Gasteiger partial charge >= 0.3 is 0 Å². The Hall–Kier alpha value is -1.37. The summed E-state index contributed by atoms with van der Waals surface area (Å²) in [7, 11) is 3.11. The number of para-hydroxylation sites is 1. The fourth-order valence-corrected chi connectivity index (χ4v) is 1.69. The second kappa shape index (κ2) is 7.15. The number of rotatable bonds is 7. The summed E-state index contributed by atoms with van der Waals surface area (Å²) in [5.74, 6) is 0. The average molecular weight is 275 g/mol. The van der Waals surface area contributed by atoms with Gasteiger partial charge in [-0.05, 0) is 6.07 Å². The molecule has 0 aliphatic carbocycles. The summed E-state index contributed by atoms with van der Waals surface area (Å²) >= 11 is 5.94. The molecular formula is C11H15ClN2O4. The van der Waals surface area contributed by atoms with E-state index in [1.807, 2.05) is 0 Å². The van der Waals surface area contributed by atoms with Crippen LogP contribution in [-0.2, 0) is 9.47 Å². The molecule has 0 bridgehead atoms. The van der Waals surface area contributed by atoms with Crippen molar-refractivity contribution in [3.05, 3.63) is 33.3 Å². The van der Waals surface area contributed by atoms with Crippen LogP contribution in [0.4, 0.5) is 11.4 Å². The van der Waals surface area contributed by atoms with Gasteiger partial charge in [0.05, 0.1) is 22.7 Å². The summed E-state index contributed by atoms with van der Waals surface area (Å²) in [6.07, 6.45) is -0.203. The lowest BCUT2D eigenvalue weighted by Crippen LogP contribution is -2.26. The maximum atomic E-state index is 10.9. The molecule has 1 aromatic rings. The van der Waals surface area contributed by atoms with Crippen LogP contribution in [0.3, 0.4) is 0 Å². The number of benzene rings is 1. The summed E-state index contributed by atoms with van der Waals surface area (Å²) in [6, 6.07) is 4.52. The molecule has 0 radical (unpaired) electrons. The van der Waals surface area contributed by atoms with E-state index in [-0.39, 0.29) is 11.8 Å². The number of anilines is 1. The van der Waals surface area contributed by atoms with E-state index in [2.05, 4.69) is 5.32 Å². The third kappa shape index (κ3) is 3.83. The molecule has 0 amide bonds. The number of methoxy groups -OCH3 is 2. The molecule has 7 heteroatoms. The first-order valence-corrected chi connectivity index (χ1v) is 5.66. The zero-order valence-corrected chi connectivity index (χ0v) is 10.9. The molecule has 0 saturated carbocycles. The summed E-state index contributed by atoms with van der Waals surface area (Å²) in [6.45, 7) is 0.761. The molecule has 1 N–H and O–H groups in total. The first-order valence-electron chi connectivity index (χ1n) is 5.28. The Bertz CT molecular complexity index is 414. The van der Waals surface area contributed by atoms with Crippen molar-refractivity contribution in [3.63, 3.8) is 0 Å². The topological polar surface area (TPSA) is 73.6 Å². The highest BCUT2D eigenvalue weighted by Gasteiger charge is 2.17. The van der Waals surface area contributed by atoms with Crippen molar-refractivity contribution in [2.45, 2.75) is 6.10 Å². The van der Waals surface area contributed by atoms with Crippen LogP contribution in [0.5, 0.6) is 0 Å². The highest BCUT2D eigenvalue weighted by Crippen LogP contribution is 2.31. The molecule has 1 atom stereocenters. The van der Waals surface area contributed by atoms with Crippen molar-refractivity contribution in [2.75, 3.05) is 32.7 Å². The predicted octanol–water partition coefficient (Wildman–Crippen LogP) is 2.32. The van der Waals surface area contributed by atoms with Crippen molar-refractivity contribution < 1.29 is 14.4 Å². The van der Waals surface area contributed by atoms with Crippen molar-refractivity contribution in [1.82, 2.24) is 0 Å². The van der Waals surface area contributed by atoms with Gasteiger partial charge in [0.2, 0.25) is 0 Å². The maximum absolute atomic E-state index is 10.9. The molecule has 0 aromatic heterocycles. The van der Waals surface area contributed by atoms with E-state index in [4.69, 9.17) is 21.1 Å². The first-order chi connectivity index (χ1) is 8.60. The van der Waals surface area contributed by atoms with Crippen LogP contribution in [0, 0.1) is 10.1 Å². The monoisotopic (exact) mass is 274 g/mol. The molecule has 1 unspecified atom stereocenters. The maximum Gasteiger partial charge on any atom is 0.293 e. The summed E-state index contributed by atoms with van der Waals surface area (Å²) in [4.78, 5) is 10.4. The van der Waals surface area contributed by atoms with E-state index in [1.165, 1.54) is 12.1 Å². The lowest BCUT2D eigenvalue weighted by atomic mass is 10.2. The van der Waals surface area contributed by atoms with Gasteiger partial charge in [-0.25, -0.2) is 0 Å². The van der Waals surface area contributed by atoms with Gasteiger partial charge in [-0.15, -0.1) is 0 Å². The molecule has 0 heterocycles.